The van der Waals surface area contributed by atoms with Crippen molar-refractivity contribution < 1.29 is 25.9 Å². The molecule has 0 amide bonds. The minimum Gasteiger partial charge on any atom is -0.286 e. The predicted octanol–water partition coefficient (Wildman–Crippen LogP) is 3.08. The molecule has 0 unspecified atom stereocenters. The Kier molecular flexibility index (Phi) is 14.4. The molecule has 6 nitrogen and oxygen atoms in total. The molecule has 0 aliphatic carbocycles. The van der Waals surface area contributed by atoms with Crippen molar-refractivity contribution in [3.8, 4) is 0 Å². The van der Waals surface area contributed by atoms with Crippen LogP contribution in [-0.2, 0) is 20.2 Å². The van der Waals surface area contributed by atoms with Gasteiger partial charge >= 0.3 is 0 Å². The highest BCUT2D eigenvalue weighted by atomic mass is 32.2. The van der Waals surface area contributed by atoms with Gasteiger partial charge in [0.25, 0.3) is 20.2 Å². The van der Waals surface area contributed by atoms with Gasteiger partial charge in [0.2, 0.25) is 0 Å². The van der Waals surface area contributed by atoms with E-state index < -0.39 is 20.2 Å². The first-order valence-corrected chi connectivity index (χ1v) is 10.5. The molecule has 0 aromatic rings. The lowest BCUT2D eigenvalue weighted by molar-refractivity contribution is 0.478. The van der Waals surface area contributed by atoms with Crippen molar-refractivity contribution >= 4 is 20.2 Å². The first-order valence-electron chi connectivity index (χ1n) is 7.05. The summed E-state index contributed by atoms with van der Waals surface area (Å²) in [7, 11) is -7.41. The standard InChI is InChI=1S/C12H24O3S.CH4O3S/c1-2-3-4-5-6-7-8-9-10-11-12-16(13,14)15;1-5(2,3)4/h2H,1,3-12H2,(H,13,14,15);1H3,(H,2,3,4). The first kappa shape index (κ1) is 22.8. The van der Waals surface area contributed by atoms with E-state index in [2.05, 4.69) is 6.58 Å². The molecule has 128 valence electrons. The number of rotatable bonds is 11. The maximum absolute atomic E-state index is 10.4. The average Bonchev–Trinajstić information content (AvgIpc) is 2.28. The highest BCUT2D eigenvalue weighted by molar-refractivity contribution is 7.85. The topological polar surface area (TPSA) is 109 Å². The minimum absolute atomic E-state index is 0.0909. The maximum Gasteiger partial charge on any atom is 0.264 e. The molecule has 0 aromatic heterocycles. The summed E-state index contributed by atoms with van der Waals surface area (Å²) >= 11 is 0. The van der Waals surface area contributed by atoms with E-state index >= 15 is 0 Å². The van der Waals surface area contributed by atoms with Crippen LogP contribution in [0, 0.1) is 0 Å². The van der Waals surface area contributed by atoms with Gasteiger partial charge in [-0.15, -0.1) is 6.58 Å². The summed E-state index contributed by atoms with van der Waals surface area (Å²) in [6.45, 7) is 3.68. The van der Waals surface area contributed by atoms with Gasteiger partial charge in [0, 0.05) is 0 Å². The van der Waals surface area contributed by atoms with E-state index in [0.29, 0.717) is 12.7 Å². The molecule has 21 heavy (non-hydrogen) atoms. The highest BCUT2D eigenvalue weighted by Gasteiger charge is 2.02. The van der Waals surface area contributed by atoms with Gasteiger partial charge < -0.3 is 0 Å². The number of hydrogen-bond donors (Lipinski definition) is 2. The van der Waals surface area contributed by atoms with E-state index in [4.69, 9.17) is 9.11 Å². The number of allylic oxidation sites excluding steroid dienone is 1. The van der Waals surface area contributed by atoms with Gasteiger partial charge in [0.15, 0.2) is 0 Å². The zero-order valence-electron chi connectivity index (χ0n) is 12.7. The Bertz CT molecular complexity index is 431. The smallest absolute Gasteiger partial charge is 0.264 e. The van der Waals surface area contributed by atoms with Crippen LogP contribution in [0.2, 0.25) is 0 Å². The summed E-state index contributed by atoms with van der Waals surface area (Å²) in [6.07, 6.45) is 12.5. The lowest BCUT2D eigenvalue weighted by Gasteiger charge is -2.01. The monoisotopic (exact) mass is 344 g/mol. The Morgan fingerprint density at radius 3 is 1.48 bits per heavy atom. The van der Waals surface area contributed by atoms with Crippen molar-refractivity contribution in [1.29, 1.82) is 0 Å². The lowest BCUT2D eigenvalue weighted by Crippen LogP contribution is -2.03. The Morgan fingerprint density at radius 1 is 0.810 bits per heavy atom. The fraction of sp³-hybridized carbons (Fsp3) is 0.846. The Morgan fingerprint density at radius 2 is 1.14 bits per heavy atom. The van der Waals surface area contributed by atoms with Gasteiger partial charge in [-0.25, -0.2) is 0 Å². The quantitative estimate of drug-likeness (QED) is 0.339. The van der Waals surface area contributed by atoms with Crippen molar-refractivity contribution in [1.82, 2.24) is 0 Å². The molecule has 0 radical (unpaired) electrons. The van der Waals surface area contributed by atoms with Gasteiger partial charge in [0.1, 0.15) is 0 Å². The normalized spacial score (nSPS) is 11.6. The van der Waals surface area contributed by atoms with Crippen LogP contribution >= 0.6 is 0 Å². The zero-order valence-corrected chi connectivity index (χ0v) is 14.3. The third kappa shape index (κ3) is 38.2. The number of hydrogen-bond acceptors (Lipinski definition) is 4. The largest absolute Gasteiger partial charge is 0.286 e. The fourth-order valence-corrected chi connectivity index (χ4v) is 2.20. The van der Waals surface area contributed by atoms with Crippen molar-refractivity contribution in [2.75, 3.05) is 12.0 Å². The molecule has 0 rings (SSSR count). The zero-order chi connectivity index (χ0) is 16.8. The molecule has 0 spiro atoms. The van der Waals surface area contributed by atoms with E-state index in [0.717, 1.165) is 19.3 Å². The molecule has 0 aliphatic heterocycles. The summed E-state index contributed by atoms with van der Waals surface area (Å²) in [6, 6.07) is 0. The Labute approximate surface area is 129 Å². The third-order valence-corrected chi connectivity index (χ3v) is 3.37. The van der Waals surface area contributed by atoms with Crippen molar-refractivity contribution in [2.24, 2.45) is 0 Å². The molecule has 8 heteroatoms. The van der Waals surface area contributed by atoms with Crippen LogP contribution in [0.15, 0.2) is 12.7 Å². The molecule has 0 heterocycles. The van der Waals surface area contributed by atoms with E-state index in [-0.39, 0.29) is 5.75 Å². The lowest BCUT2D eigenvalue weighted by atomic mass is 10.1. The minimum atomic E-state index is -3.74. The van der Waals surface area contributed by atoms with Crippen LogP contribution < -0.4 is 0 Å². The van der Waals surface area contributed by atoms with Gasteiger partial charge in [-0.1, -0.05) is 44.6 Å². The van der Waals surface area contributed by atoms with Crippen molar-refractivity contribution in [2.45, 2.75) is 57.8 Å². The third-order valence-electron chi connectivity index (χ3n) is 2.56. The molecule has 0 fully saturated rings. The van der Waals surface area contributed by atoms with E-state index in [1.807, 2.05) is 6.08 Å². The maximum atomic E-state index is 10.4. The fourth-order valence-electron chi connectivity index (χ4n) is 1.63. The molecule has 0 aliphatic rings. The van der Waals surface area contributed by atoms with Gasteiger partial charge in [-0.3, -0.25) is 9.11 Å². The summed E-state index contributed by atoms with van der Waals surface area (Å²) in [5.74, 6) is -0.0909. The summed E-state index contributed by atoms with van der Waals surface area (Å²) < 4.78 is 55.2. The average molecular weight is 344 g/mol. The number of unbranched alkanes of at least 4 members (excludes halogenated alkanes) is 8. The molecular weight excluding hydrogens is 316 g/mol. The van der Waals surface area contributed by atoms with Gasteiger partial charge in [-0.2, -0.15) is 16.8 Å². The van der Waals surface area contributed by atoms with Crippen molar-refractivity contribution in [3.63, 3.8) is 0 Å². The Hall–Kier alpha value is -0.440. The van der Waals surface area contributed by atoms with Gasteiger partial charge in [0.05, 0.1) is 12.0 Å². The predicted molar refractivity (Wildman–Crippen MR) is 85.6 cm³/mol. The summed E-state index contributed by atoms with van der Waals surface area (Å²) in [5.41, 5.74) is 0. The van der Waals surface area contributed by atoms with Crippen LogP contribution in [0.3, 0.4) is 0 Å². The summed E-state index contributed by atoms with van der Waals surface area (Å²) in [4.78, 5) is 0. The van der Waals surface area contributed by atoms with E-state index in [1.165, 1.54) is 32.1 Å². The second-order valence-electron chi connectivity index (χ2n) is 4.92. The second kappa shape index (κ2) is 13.2. The van der Waals surface area contributed by atoms with Gasteiger partial charge in [-0.05, 0) is 19.3 Å². The first-order chi connectivity index (χ1) is 9.56. The molecule has 0 atom stereocenters. The van der Waals surface area contributed by atoms with E-state index in [9.17, 15) is 16.8 Å². The molecule has 0 bridgehead atoms. The Balaban J connectivity index is 0. The van der Waals surface area contributed by atoms with Crippen molar-refractivity contribution in [3.05, 3.63) is 12.7 Å². The molecule has 0 saturated carbocycles. The molecule has 2 N–H and O–H groups in total. The van der Waals surface area contributed by atoms with Crippen LogP contribution in [0.5, 0.6) is 0 Å². The van der Waals surface area contributed by atoms with Crippen LogP contribution in [0.25, 0.3) is 0 Å². The molecule has 0 aromatic carbocycles. The summed E-state index contributed by atoms with van der Waals surface area (Å²) in [5, 5.41) is 0. The highest BCUT2D eigenvalue weighted by Crippen LogP contribution is 2.10. The van der Waals surface area contributed by atoms with E-state index in [1.54, 1.807) is 0 Å². The molecule has 0 saturated heterocycles. The molecular formula is C13H28O6S2. The van der Waals surface area contributed by atoms with Crippen LogP contribution in [-0.4, -0.2) is 37.9 Å². The SMILES string of the molecule is C=CCCCCCCCCCCS(=O)(=O)O.CS(=O)(=O)O. The second-order valence-corrected chi connectivity index (χ2v) is 7.96. The van der Waals surface area contributed by atoms with Crippen LogP contribution in [0.4, 0.5) is 0 Å². The van der Waals surface area contributed by atoms with Crippen LogP contribution in [0.1, 0.15) is 57.8 Å².